The van der Waals surface area contributed by atoms with Crippen molar-refractivity contribution >= 4 is 33.6 Å². The molecule has 5 aromatic rings. The lowest BCUT2D eigenvalue weighted by Crippen LogP contribution is -2.36. The highest BCUT2D eigenvalue weighted by Gasteiger charge is 2.17. The highest BCUT2D eigenvalue weighted by Crippen LogP contribution is 2.30. The molecule has 1 fully saturated rings. The van der Waals surface area contributed by atoms with E-state index in [1.807, 2.05) is 46.0 Å². The number of hydrogen-bond donors (Lipinski definition) is 2. The summed E-state index contributed by atoms with van der Waals surface area (Å²) in [6, 6.07) is 12.5. The van der Waals surface area contributed by atoms with Crippen molar-refractivity contribution in [2.75, 3.05) is 36.5 Å². The number of morpholine rings is 1. The van der Waals surface area contributed by atoms with Crippen molar-refractivity contribution in [3.63, 3.8) is 0 Å². The lowest BCUT2D eigenvalue weighted by atomic mass is 10.1. The summed E-state index contributed by atoms with van der Waals surface area (Å²) in [6.07, 6.45) is 7.13. The summed E-state index contributed by atoms with van der Waals surface area (Å²) in [5.74, 6) is 0.0189. The number of aromatic amines is 1. The van der Waals surface area contributed by atoms with Crippen molar-refractivity contribution in [1.82, 2.24) is 19.4 Å². The van der Waals surface area contributed by atoms with E-state index in [0.717, 1.165) is 16.6 Å². The molecule has 34 heavy (non-hydrogen) atoms. The van der Waals surface area contributed by atoms with Crippen molar-refractivity contribution < 1.29 is 9.13 Å². The molecule has 8 nitrogen and oxygen atoms in total. The maximum absolute atomic E-state index is 15.0. The number of pyridine rings is 3. The normalized spacial score (nSPS) is 14.1. The van der Waals surface area contributed by atoms with Gasteiger partial charge in [-0.2, -0.15) is 0 Å². The van der Waals surface area contributed by atoms with Gasteiger partial charge in [-0.1, -0.05) is 0 Å². The molecule has 1 aromatic carbocycles. The third kappa shape index (κ3) is 3.65. The molecule has 6 rings (SSSR count). The molecule has 170 valence electrons. The number of fused-ring (bicyclic) bond motifs is 2. The van der Waals surface area contributed by atoms with Gasteiger partial charge in [-0.05, 0) is 47.9 Å². The number of anilines is 3. The van der Waals surface area contributed by atoms with Crippen LogP contribution in [0.1, 0.15) is 0 Å². The Morgan fingerprint density at radius 1 is 1.09 bits per heavy atom. The second kappa shape index (κ2) is 8.27. The van der Waals surface area contributed by atoms with E-state index in [1.54, 1.807) is 24.5 Å². The van der Waals surface area contributed by atoms with Gasteiger partial charge in [0.05, 0.1) is 30.0 Å². The van der Waals surface area contributed by atoms with Crippen molar-refractivity contribution in [1.29, 1.82) is 0 Å². The van der Waals surface area contributed by atoms with Crippen LogP contribution in [-0.2, 0) is 4.74 Å². The molecular formula is C25H21FN6O2. The first kappa shape index (κ1) is 20.4. The average Bonchev–Trinajstić information content (AvgIpc) is 3.33. The summed E-state index contributed by atoms with van der Waals surface area (Å²) >= 11 is 0. The van der Waals surface area contributed by atoms with Crippen molar-refractivity contribution in [3.05, 3.63) is 83.4 Å². The molecule has 0 unspecified atom stereocenters. The van der Waals surface area contributed by atoms with Crippen LogP contribution < -0.4 is 15.8 Å². The minimum atomic E-state index is -0.341. The molecule has 0 spiro atoms. The van der Waals surface area contributed by atoms with Crippen LogP contribution in [0.15, 0.2) is 72.0 Å². The molecule has 0 radical (unpaired) electrons. The standard InChI is InChI=1S/C25H21FN6O2/c26-19-14-18(2-3-21(19)31-9-11-34-12-10-31)29-24-23-16(5-6-28-25(23)33)13-20(30-24)17-1-4-22-27-7-8-32(22)15-17/h1-8,13-15H,9-12H2,(H,28,33)(H,29,30). The molecule has 0 aliphatic carbocycles. The zero-order chi connectivity index (χ0) is 23.1. The zero-order valence-electron chi connectivity index (χ0n) is 18.2. The Balaban J connectivity index is 1.42. The zero-order valence-corrected chi connectivity index (χ0v) is 18.2. The SMILES string of the molecule is O=c1[nH]ccc2cc(-c3ccc4nccn4c3)nc(Nc3ccc(N4CCOCC4)c(F)c3)c12. The Kier molecular flexibility index (Phi) is 4.96. The van der Waals surface area contributed by atoms with Crippen LogP contribution in [0.4, 0.5) is 21.6 Å². The number of hydrogen-bond acceptors (Lipinski definition) is 6. The highest BCUT2D eigenvalue weighted by molar-refractivity contribution is 5.95. The maximum Gasteiger partial charge on any atom is 0.259 e. The van der Waals surface area contributed by atoms with E-state index in [-0.39, 0.29) is 11.4 Å². The fourth-order valence-electron chi connectivity index (χ4n) is 4.31. The summed E-state index contributed by atoms with van der Waals surface area (Å²) in [4.78, 5) is 26.4. The number of nitrogens with one attached hydrogen (secondary N) is 2. The molecule has 0 atom stereocenters. The Morgan fingerprint density at radius 2 is 1.97 bits per heavy atom. The van der Waals surface area contributed by atoms with E-state index in [2.05, 4.69) is 15.3 Å². The Bertz CT molecular complexity index is 1570. The predicted molar refractivity (Wildman–Crippen MR) is 129 cm³/mol. The average molecular weight is 456 g/mol. The van der Waals surface area contributed by atoms with Crippen LogP contribution >= 0.6 is 0 Å². The van der Waals surface area contributed by atoms with Crippen LogP contribution in [0.5, 0.6) is 0 Å². The summed E-state index contributed by atoms with van der Waals surface area (Å²) < 4.78 is 22.2. The van der Waals surface area contributed by atoms with Crippen LogP contribution in [0.2, 0.25) is 0 Å². The first-order valence-corrected chi connectivity index (χ1v) is 11.0. The van der Waals surface area contributed by atoms with Crippen LogP contribution in [-0.4, -0.2) is 45.7 Å². The molecule has 9 heteroatoms. The number of rotatable bonds is 4. The quantitative estimate of drug-likeness (QED) is 0.426. The Morgan fingerprint density at radius 3 is 2.82 bits per heavy atom. The van der Waals surface area contributed by atoms with E-state index >= 15 is 0 Å². The number of ether oxygens (including phenoxy) is 1. The molecule has 0 bridgehead atoms. The molecule has 0 amide bonds. The fourth-order valence-corrected chi connectivity index (χ4v) is 4.31. The first-order valence-electron chi connectivity index (χ1n) is 11.0. The number of aromatic nitrogens is 4. The summed E-state index contributed by atoms with van der Waals surface area (Å²) in [7, 11) is 0. The van der Waals surface area contributed by atoms with Crippen LogP contribution in [0.3, 0.4) is 0 Å². The molecule has 0 saturated carbocycles. The monoisotopic (exact) mass is 456 g/mol. The number of imidazole rings is 1. The second-order valence-corrected chi connectivity index (χ2v) is 8.13. The smallest absolute Gasteiger partial charge is 0.259 e. The number of halogens is 1. The number of H-pyrrole nitrogens is 1. The Hall–Kier alpha value is -4.24. The van der Waals surface area contributed by atoms with Gasteiger partial charge in [-0.25, -0.2) is 14.4 Å². The minimum Gasteiger partial charge on any atom is -0.378 e. The molecule has 2 N–H and O–H groups in total. The lowest BCUT2D eigenvalue weighted by Gasteiger charge is -2.29. The number of benzene rings is 1. The molecular weight excluding hydrogens is 435 g/mol. The van der Waals surface area contributed by atoms with Gasteiger partial charge in [0.2, 0.25) is 0 Å². The van der Waals surface area contributed by atoms with Crippen molar-refractivity contribution in [3.8, 4) is 11.3 Å². The summed E-state index contributed by atoms with van der Waals surface area (Å²) in [5.41, 5.74) is 3.15. The van der Waals surface area contributed by atoms with E-state index in [0.29, 0.717) is 54.6 Å². The first-order chi connectivity index (χ1) is 16.7. The fraction of sp³-hybridized carbons (Fsp3) is 0.160. The summed E-state index contributed by atoms with van der Waals surface area (Å²) in [6.45, 7) is 2.45. The van der Waals surface area contributed by atoms with Gasteiger partial charge in [0.15, 0.2) is 0 Å². The largest absolute Gasteiger partial charge is 0.378 e. The van der Waals surface area contributed by atoms with Crippen molar-refractivity contribution in [2.45, 2.75) is 0 Å². The topological polar surface area (TPSA) is 87.5 Å². The van der Waals surface area contributed by atoms with Gasteiger partial charge in [0, 0.05) is 49.1 Å². The molecule has 5 heterocycles. The van der Waals surface area contributed by atoms with Gasteiger partial charge in [0.25, 0.3) is 5.56 Å². The lowest BCUT2D eigenvalue weighted by molar-refractivity contribution is 0.122. The van der Waals surface area contributed by atoms with Crippen molar-refractivity contribution in [2.24, 2.45) is 0 Å². The van der Waals surface area contributed by atoms with Gasteiger partial charge in [-0.15, -0.1) is 0 Å². The molecule has 1 saturated heterocycles. The molecule has 1 aliphatic heterocycles. The molecule has 1 aliphatic rings. The van der Waals surface area contributed by atoms with Gasteiger partial charge < -0.3 is 24.3 Å². The van der Waals surface area contributed by atoms with E-state index in [9.17, 15) is 9.18 Å². The van der Waals surface area contributed by atoms with Crippen LogP contribution in [0.25, 0.3) is 27.7 Å². The summed E-state index contributed by atoms with van der Waals surface area (Å²) in [5, 5.41) is 4.31. The third-order valence-electron chi connectivity index (χ3n) is 6.00. The van der Waals surface area contributed by atoms with Gasteiger partial charge in [0.1, 0.15) is 17.3 Å². The van der Waals surface area contributed by atoms with E-state index in [4.69, 9.17) is 9.72 Å². The van der Waals surface area contributed by atoms with Gasteiger partial charge >= 0.3 is 0 Å². The maximum atomic E-state index is 15.0. The van der Waals surface area contributed by atoms with Gasteiger partial charge in [-0.3, -0.25) is 4.79 Å². The highest BCUT2D eigenvalue weighted by atomic mass is 19.1. The number of nitrogens with zero attached hydrogens (tertiary/aromatic N) is 4. The Labute approximate surface area is 193 Å². The second-order valence-electron chi connectivity index (χ2n) is 8.13. The predicted octanol–water partition coefficient (Wildman–Crippen LogP) is 3.96. The molecule has 4 aromatic heterocycles. The third-order valence-corrected chi connectivity index (χ3v) is 6.00. The minimum absolute atomic E-state index is 0.269. The van der Waals surface area contributed by atoms with Crippen LogP contribution in [0, 0.1) is 5.82 Å². The van der Waals surface area contributed by atoms with E-state index < -0.39 is 0 Å². The van der Waals surface area contributed by atoms with E-state index in [1.165, 1.54) is 6.07 Å².